The van der Waals surface area contributed by atoms with Gasteiger partial charge in [-0.1, -0.05) is 6.92 Å². The molecule has 0 fully saturated rings. The van der Waals surface area contributed by atoms with Crippen LogP contribution in [0.3, 0.4) is 0 Å². The van der Waals surface area contributed by atoms with Crippen molar-refractivity contribution in [2.45, 2.75) is 25.8 Å². The van der Waals surface area contributed by atoms with Crippen LogP contribution in [-0.2, 0) is 6.42 Å². The van der Waals surface area contributed by atoms with Crippen molar-refractivity contribution in [2.24, 2.45) is 5.73 Å². The Hall–Kier alpha value is -1.13. The third kappa shape index (κ3) is 3.49. The van der Waals surface area contributed by atoms with Crippen molar-refractivity contribution in [3.8, 4) is 17.2 Å². The smallest absolute Gasteiger partial charge is 0.200 e. The van der Waals surface area contributed by atoms with Gasteiger partial charge in [-0.15, -0.1) is 12.4 Å². The van der Waals surface area contributed by atoms with Gasteiger partial charge in [-0.2, -0.15) is 0 Å². The van der Waals surface area contributed by atoms with E-state index in [1.54, 1.807) is 0 Å². The minimum absolute atomic E-state index is 0. The quantitative estimate of drug-likeness (QED) is 0.596. The molecule has 0 aliphatic heterocycles. The van der Waals surface area contributed by atoms with Gasteiger partial charge in [0.25, 0.3) is 0 Å². The molecular formula is C10H16ClNO3. The Morgan fingerprint density at radius 2 is 1.67 bits per heavy atom. The lowest BCUT2D eigenvalue weighted by atomic mass is 10.0. The second-order valence-electron chi connectivity index (χ2n) is 3.36. The molecule has 0 saturated heterocycles. The monoisotopic (exact) mass is 233 g/mol. The zero-order valence-electron chi connectivity index (χ0n) is 8.47. The Labute approximate surface area is 94.8 Å². The molecule has 15 heavy (non-hydrogen) atoms. The van der Waals surface area contributed by atoms with E-state index in [1.807, 2.05) is 6.92 Å². The predicted octanol–water partition coefficient (Wildman–Crippen LogP) is 1.51. The number of phenolic OH excluding ortho intramolecular Hbond substituents is 3. The normalized spacial score (nSPS) is 11.9. The number of nitrogens with two attached hydrogens (primary N) is 1. The molecule has 0 heterocycles. The van der Waals surface area contributed by atoms with Gasteiger partial charge in [0.1, 0.15) is 0 Å². The SMILES string of the molecule is CCC(N)Cc1cc(O)c(O)c(O)c1.Cl. The summed E-state index contributed by atoms with van der Waals surface area (Å²) < 4.78 is 0. The number of phenols is 3. The topological polar surface area (TPSA) is 86.7 Å². The summed E-state index contributed by atoms with van der Waals surface area (Å²) in [7, 11) is 0. The van der Waals surface area contributed by atoms with Crippen LogP contribution >= 0.6 is 12.4 Å². The Morgan fingerprint density at radius 1 is 1.20 bits per heavy atom. The summed E-state index contributed by atoms with van der Waals surface area (Å²) in [6.45, 7) is 1.96. The fraction of sp³-hybridized carbons (Fsp3) is 0.400. The van der Waals surface area contributed by atoms with Gasteiger partial charge >= 0.3 is 0 Å². The number of aromatic hydroxyl groups is 3. The van der Waals surface area contributed by atoms with Gasteiger partial charge in [0.05, 0.1) is 0 Å². The maximum absolute atomic E-state index is 9.22. The summed E-state index contributed by atoms with van der Waals surface area (Å²) in [5.41, 5.74) is 6.43. The molecule has 5 heteroatoms. The molecule has 0 spiro atoms. The second kappa shape index (κ2) is 5.68. The van der Waals surface area contributed by atoms with Gasteiger partial charge < -0.3 is 21.1 Å². The van der Waals surface area contributed by atoms with Gasteiger partial charge in [0.2, 0.25) is 0 Å². The highest BCUT2D eigenvalue weighted by atomic mass is 35.5. The van der Waals surface area contributed by atoms with E-state index in [2.05, 4.69) is 0 Å². The van der Waals surface area contributed by atoms with Crippen LogP contribution in [0.15, 0.2) is 12.1 Å². The molecule has 1 unspecified atom stereocenters. The van der Waals surface area contributed by atoms with E-state index in [4.69, 9.17) is 10.8 Å². The minimum atomic E-state index is -0.487. The standard InChI is InChI=1S/C10H15NO3.ClH/c1-2-7(11)3-6-4-8(12)10(14)9(13)5-6;/h4-5,7,12-14H,2-3,11H2,1H3;1H. The zero-order valence-corrected chi connectivity index (χ0v) is 9.29. The molecule has 1 aromatic carbocycles. The third-order valence-electron chi connectivity index (χ3n) is 2.15. The molecule has 4 nitrogen and oxygen atoms in total. The molecule has 0 aromatic heterocycles. The largest absolute Gasteiger partial charge is 0.504 e. The molecule has 0 radical (unpaired) electrons. The lowest BCUT2D eigenvalue weighted by molar-refractivity contribution is 0.367. The predicted molar refractivity (Wildman–Crippen MR) is 60.7 cm³/mol. The maximum Gasteiger partial charge on any atom is 0.200 e. The Morgan fingerprint density at radius 3 is 2.07 bits per heavy atom. The van der Waals surface area contributed by atoms with E-state index in [1.165, 1.54) is 12.1 Å². The van der Waals surface area contributed by atoms with Crippen molar-refractivity contribution < 1.29 is 15.3 Å². The summed E-state index contributed by atoms with van der Waals surface area (Å²) >= 11 is 0. The van der Waals surface area contributed by atoms with Crippen LogP contribution in [0.2, 0.25) is 0 Å². The first kappa shape index (κ1) is 13.9. The molecule has 0 amide bonds. The number of rotatable bonds is 3. The molecule has 0 saturated carbocycles. The fourth-order valence-electron chi connectivity index (χ4n) is 1.23. The lowest BCUT2D eigenvalue weighted by Gasteiger charge is -2.10. The summed E-state index contributed by atoms with van der Waals surface area (Å²) in [4.78, 5) is 0. The zero-order chi connectivity index (χ0) is 10.7. The first-order valence-electron chi connectivity index (χ1n) is 4.54. The van der Waals surface area contributed by atoms with Crippen molar-refractivity contribution in [3.05, 3.63) is 17.7 Å². The van der Waals surface area contributed by atoms with Crippen molar-refractivity contribution in [3.63, 3.8) is 0 Å². The van der Waals surface area contributed by atoms with Crippen molar-refractivity contribution in [2.75, 3.05) is 0 Å². The Kier molecular flexibility index (Phi) is 5.25. The summed E-state index contributed by atoms with van der Waals surface area (Å²) in [5, 5.41) is 27.5. The van der Waals surface area contributed by atoms with E-state index in [-0.39, 0.29) is 29.9 Å². The fourth-order valence-corrected chi connectivity index (χ4v) is 1.23. The van der Waals surface area contributed by atoms with Crippen molar-refractivity contribution in [1.29, 1.82) is 0 Å². The van der Waals surface area contributed by atoms with Crippen molar-refractivity contribution in [1.82, 2.24) is 0 Å². The highest BCUT2D eigenvalue weighted by Gasteiger charge is 2.09. The molecule has 1 rings (SSSR count). The van der Waals surface area contributed by atoms with Gasteiger partial charge in [-0.25, -0.2) is 0 Å². The first-order valence-corrected chi connectivity index (χ1v) is 4.54. The van der Waals surface area contributed by atoms with E-state index in [0.29, 0.717) is 12.0 Å². The van der Waals surface area contributed by atoms with Crippen LogP contribution in [-0.4, -0.2) is 21.4 Å². The van der Waals surface area contributed by atoms with Gasteiger partial charge in [-0.3, -0.25) is 0 Å². The Balaban J connectivity index is 0.00000196. The highest BCUT2D eigenvalue weighted by Crippen LogP contribution is 2.35. The van der Waals surface area contributed by atoms with E-state index < -0.39 is 5.75 Å². The van der Waals surface area contributed by atoms with Crippen LogP contribution in [0.25, 0.3) is 0 Å². The average Bonchev–Trinajstić information content (AvgIpc) is 2.14. The van der Waals surface area contributed by atoms with E-state index >= 15 is 0 Å². The molecule has 5 N–H and O–H groups in total. The first-order chi connectivity index (χ1) is 6.54. The Bertz CT molecular complexity index is 307. The number of hydrogen-bond donors (Lipinski definition) is 4. The maximum atomic E-state index is 9.22. The van der Waals surface area contributed by atoms with Crippen LogP contribution < -0.4 is 5.73 Å². The number of hydrogen-bond acceptors (Lipinski definition) is 4. The summed E-state index contributed by atoms with van der Waals surface area (Å²) in [6.07, 6.45) is 1.39. The van der Waals surface area contributed by atoms with Gasteiger partial charge in [0, 0.05) is 6.04 Å². The van der Waals surface area contributed by atoms with Gasteiger partial charge in [-0.05, 0) is 30.5 Å². The minimum Gasteiger partial charge on any atom is -0.504 e. The van der Waals surface area contributed by atoms with Gasteiger partial charge in [0.15, 0.2) is 17.2 Å². The molecule has 0 bridgehead atoms. The average molecular weight is 234 g/mol. The van der Waals surface area contributed by atoms with Crippen LogP contribution in [0.1, 0.15) is 18.9 Å². The lowest BCUT2D eigenvalue weighted by Crippen LogP contribution is -2.21. The number of benzene rings is 1. The second-order valence-corrected chi connectivity index (χ2v) is 3.36. The molecule has 86 valence electrons. The van der Waals surface area contributed by atoms with Crippen molar-refractivity contribution >= 4 is 12.4 Å². The van der Waals surface area contributed by atoms with E-state index in [9.17, 15) is 10.2 Å². The molecule has 0 aliphatic rings. The molecule has 1 atom stereocenters. The third-order valence-corrected chi connectivity index (χ3v) is 2.15. The summed E-state index contributed by atoms with van der Waals surface area (Å²) in [6, 6.07) is 2.81. The molecular weight excluding hydrogens is 218 g/mol. The number of halogens is 1. The van der Waals surface area contributed by atoms with Crippen LogP contribution in [0.5, 0.6) is 17.2 Å². The highest BCUT2D eigenvalue weighted by molar-refractivity contribution is 5.85. The molecule has 1 aromatic rings. The summed E-state index contributed by atoms with van der Waals surface area (Å²) in [5.74, 6) is -1.12. The van der Waals surface area contributed by atoms with Crippen LogP contribution in [0.4, 0.5) is 0 Å². The van der Waals surface area contributed by atoms with Crippen LogP contribution in [0, 0.1) is 0 Å². The van der Waals surface area contributed by atoms with E-state index in [0.717, 1.165) is 6.42 Å². The molecule has 0 aliphatic carbocycles.